The third kappa shape index (κ3) is 11.4. The smallest absolute Gasteiger partial charge is 0.407 e. The number of aliphatic carboxylic acids is 1. The maximum Gasteiger partial charge on any atom is 0.407 e. The number of rotatable bonds is 10. The summed E-state index contributed by atoms with van der Waals surface area (Å²) in [6.07, 6.45) is 0.628. The van der Waals surface area contributed by atoms with Crippen LogP contribution in [0.15, 0.2) is 0 Å². The van der Waals surface area contributed by atoms with Crippen molar-refractivity contribution in [2.75, 3.05) is 26.9 Å². The van der Waals surface area contributed by atoms with Crippen LogP contribution in [-0.4, -0.2) is 55.6 Å². The van der Waals surface area contributed by atoms with Gasteiger partial charge in [-0.05, 0) is 33.6 Å². The molecule has 1 atom stereocenters. The third-order valence-corrected chi connectivity index (χ3v) is 2.70. The van der Waals surface area contributed by atoms with Crippen molar-refractivity contribution in [1.29, 1.82) is 0 Å². The molecule has 0 saturated carbocycles. The Morgan fingerprint density at radius 1 is 1.13 bits per heavy atom. The summed E-state index contributed by atoms with van der Waals surface area (Å²) < 4.78 is 14.6. The number of hydrogen-bond donors (Lipinski definition) is 2. The highest BCUT2D eigenvalue weighted by Crippen LogP contribution is 2.11. The summed E-state index contributed by atoms with van der Waals surface area (Å²) in [6, 6.07) is 0. The lowest BCUT2D eigenvalue weighted by molar-refractivity contribution is -0.159. The van der Waals surface area contributed by atoms with Crippen molar-refractivity contribution in [2.45, 2.75) is 45.6 Å². The molecule has 0 spiro atoms. The molecule has 0 aromatic carbocycles. The third-order valence-electron chi connectivity index (χ3n) is 2.70. The second kappa shape index (κ2) is 10.8. The predicted molar refractivity (Wildman–Crippen MR) is 82.0 cm³/mol. The second-order valence-electron chi connectivity index (χ2n) is 5.98. The molecule has 1 amide bonds. The lowest BCUT2D eigenvalue weighted by Crippen LogP contribution is -2.33. The molecule has 0 aliphatic heterocycles. The van der Waals surface area contributed by atoms with Crippen LogP contribution in [0.25, 0.3) is 0 Å². The van der Waals surface area contributed by atoms with E-state index in [0.29, 0.717) is 19.4 Å². The average Bonchev–Trinajstić information content (AvgIpc) is 2.40. The lowest BCUT2D eigenvalue weighted by atomic mass is 10.0. The summed E-state index contributed by atoms with van der Waals surface area (Å²) in [5.41, 5.74) is -0.565. The SMILES string of the molecule is COCCOC(=O)C(CCCCNC(=O)OC(C)(C)C)C(=O)O. The number of nitrogens with one attached hydrogen (secondary N) is 1. The predicted octanol–water partition coefficient (Wildman–Crippen LogP) is 1.57. The van der Waals surface area contributed by atoms with Gasteiger partial charge in [0.25, 0.3) is 0 Å². The monoisotopic (exact) mass is 333 g/mol. The second-order valence-corrected chi connectivity index (χ2v) is 5.98. The van der Waals surface area contributed by atoms with Crippen LogP contribution in [0.2, 0.25) is 0 Å². The average molecular weight is 333 g/mol. The van der Waals surface area contributed by atoms with Crippen LogP contribution in [-0.2, 0) is 23.8 Å². The topological polar surface area (TPSA) is 111 Å². The largest absolute Gasteiger partial charge is 0.481 e. The maximum absolute atomic E-state index is 11.6. The highest BCUT2D eigenvalue weighted by molar-refractivity contribution is 5.93. The van der Waals surface area contributed by atoms with Crippen LogP contribution in [0.1, 0.15) is 40.0 Å². The van der Waals surface area contributed by atoms with E-state index in [1.807, 2.05) is 0 Å². The molecule has 23 heavy (non-hydrogen) atoms. The van der Waals surface area contributed by atoms with E-state index in [1.54, 1.807) is 20.8 Å². The summed E-state index contributed by atoms with van der Waals surface area (Å²) in [5, 5.41) is 11.6. The zero-order valence-corrected chi connectivity index (χ0v) is 14.2. The van der Waals surface area contributed by atoms with E-state index in [-0.39, 0.29) is 19.6 Å². The van der Waals surface area contributed by atoms with Crippen molar-refractivity contribution in [3.63, 3.8) is 0 Å². The molecule has 1 unspecified atom stereocenters. The molecule has 0 fully saturated rings. The van der Waals surface area contributed by atoms with Crippen molar-refractivity contribution in [3.05, 3.63) is 0 Å². The number of ether oxygens (including phenoxy) is 3. The zero-order chi connectivity index (χ0) is 17.9. The molecular formula is C15H27NO7. The molecule has 0 bridgehead atoms. The van der Waals surface area contributed by atoms with E-state index in [1.165, 1.54) is 7.11 Å². The van der Waals surface area contributed by atoms with Gasteiger partial charge in [-0.25, -0.2) is 4.79 Å². The number of hydrogen-bond acceptors (Lipinski definition) is 6. The first kappa shape index (κ1) is 21.2. The van der Waals surface area contributed by atoms with E-state index < -0.39 is 29.6 Å². The van der Waals surface area contributed by atoms with Gasteiger partial charge in [-0.3, -0.25) is 9.59 Å². The van der Waals surface area contributed by atoms with E-state index in [2.05, 4.69) is 5.32 Å². The Bertz CT molecular complexity index is 390. The fourth-order valence-corrected chi connectivity index (χ4v) is 1.65. The number of carbonyl (C=O) groups is 3. The van der Waals surface area contributed by atoms with Crippen molar-refractivity contribution in [3.8, 4) is 0 Å². The van der Waals surface area contributed by atoms with Gasteiger partial charge in [0.2, 0.25) is 0 Å². The molecule has 0 aliphatic carbocycles. The number of carboxylic acid groups (broad SMARTS) is 1. The first-order valence-corrected chi connectivity index (χ1v) is 7.52. The summed E-state index contributed by atoms with van der Waals surface area (Å²) in [4.78, 5) is 34.1. The first-order valence-electron chi connectivity index (χ1n) is 7.52. The normalized spacial score (nSPS) is 12.3. The minimum Gasteiger partial charge on any atom is -0.481 e. The minimum absolute atomic E-state index is 0.0271. The van der Waals surface area contributed by atoms with Gasteiger partial charge in [0.05, 0.1) is 6.61 Å². The van der Waals surface area contributed by atoms with Crippen LogP contribution in [0.3, 0.4) is 0 Å². The molecule has 0 heterocycles. The molecule has 0 aliphatic rings. The lowest BCUT2D eigenvalue weighted by Gasteiger charge is -2.19. The molecule has 0 aromatic heterocycles. The van der Waals surface area contributed by atoms with Crippen molar-refractivity contribution >= 4 is 18.0 Å². The molecule has 0 rings (SSSR count). The molecule has 134 valence electrons. The van der Waals surface area contributed by atoms with Gasteiger partial charge < -0.3 is 24.6 Å². The molecule has 2 N–H and O–H groups in total. The Kier molecular flexibility index (Phi) is 9.96. The van der Waals surface area contributed by atoms with Gasteiger partial charge in [0.1, 0.15) is 12.2 Å². The Morgan fingerprint density at radius 3 is 2.30 bits per heavy atom. The van der Waals surface area contributed by atoms with Crippen LogP contribution in [0.4, 0.5) is 4.79 Å². The highest BCUT2D eigenvalue weighted by atomic mass is 16.6. The first-order chi connectivity index (χ1) is 10.7. The highest BCUT2D eigenvalue weighted by Gasteiger charge is 2.27. The van der Waals surface area contributed by atoms with Gasteiger partial charge in [0, 0.05) is 13.7 Å². The van der Waals surface area contributed by atoms with E-state index in [9.17, 15) is 14.4 Å². The van der Waals surface area contributed by atoms with Crippen molar-refractivity contribution < 1.29 is 33.7 Å². The molecule has 0 radical (unpaired) electrons. The van der Waals surface area contributed by atoms with Crippen LogP contribution in [0.5, 0.6) is 0 Å². The van der Waals surface area contributed by atoms with Gasteiger partial charge >= 0.3 is 18.0 Å². The van der Waals surface area contributed by atoms with Gasteiger partial charge in [0.15, 0.2) is 5.92 Å². The van der Waals surface area contributed by atoms with E-state index >= 15 is 0 Å². The number of carboxylic acids is 1. The number of alkyl carbamates (subject to hydrolysis) is 1. The number of carbonyl (C=O) groups excluding carboxylic acids is 2. The number of esters is 1. The number of amides is 1. The minimum atomic E-state index is -1.22. The quantitative estimate of drug-likeness (QED) is 0.354. The Morgan fingerprint density at radius 2 is 1.78 bits per heavy atom. The fraction of sp³-hybridized carbons (Fsp3) is 0.800. The van der Waals surface area contributed by atoms with Crippen molar-refractivity contribution in [2.24, 2.45) is 5.92 Å². The van der Waals surface area contributed by atoms with E-state index in [0.717, 1.165) is 0 Å². The molecule has 8 heteroatoms. The zero-order valence-electron chi connectivity index (χ0n) is 14.2. The molecular weight excluding hydrogens is 306 g/mol. The van der Waals surface area contributed by atoms with Crippen molar-refractivity contribution in [1.82, 2.24) is 5.32 Å². The summed E-state index contributed by atoms with van der Waals surface area (Å²) in [7, 11) is 1.46. The number of unbranched alkanes of at least 4 members (excludes halogenated alkanes) is 1. The number of methoxy groups -OCH3 is 1. The Balaban J connectivity index is 3.99. The van der Waals surface area contributed by atoms with Crippen LogP contribution < -0.4 is 5.32 Å². The van der Waals surface area contributed by atoms with Crippen LogP contribution in [0, 0.1) is 5.92 Å². The summed E-state index contributed by atoms with van der Waals surface area (Å²) >= 11 is 0. The van der Waals surface area contributed by atoms with E-state index in [4.69, 9.17) is 19.3 Å². The standard InChI is InChI=1S/C15H27NO7/c1-15(2,3)23-14(20)16-8-6-5-7-11(12(17)18)13(19)22-10-9-21-4/h11H,5-10H2,1-4H3,(H,16,20)(H,17,18). The molecule has 0 aromatic rings. The Labute approximate surface area is 136 Å². The van der Waals surface area contributed by atoms with Gasteiger partial charge in [-0.2, -0.15) is 0 Å². The maximum atomic E-state index is 11.6. The molecule has 8 nitrogen and oxygen atoms in total. The fourth-order valence-electron chi connectivity index (χ4n) is 1.65. The summed E-state index contributed by atoms with van der Waals surface area (Å²) in [5.74, 6) is -3.18. The van der Waals surface area contributed by atoms with Gasteiger partial charge in [-0.15, -0.1) is 0 Å². The Hall–Kier alpha value is -1.83. The van der Waals surface area contributed by atoms with Gasteiger partial charge in [-0.1, -0.05) is 6.42 Å². The molecule has 0 saturated heterocycles. The van der Waals surface area contributed by atoms with Crippen LogP contribution >= 0.6 is 0 Å². The summed E-state index contributed by atoms with van der Waals surface area (Å²) in [6.45, 7) is 5.88.